The van der Waals surface area contributed by atoms with Gasteiger partial charge in [-0.2, -0.15) is 11.8 Å². The van der Waals surface area contributed by atoms with Gasteiger partial charge < -0.3 is 4.90 Å². The summed E-state index contributed by atoms with van der Waals surface area (Å²) in [5.41, 5.74) is 1.24. The summed E-state index contributed by atoms with van der Waals surface area (Å²) in [6.45, 7) is 2.27. The van der Waals surface area contributed by atoms with E-state index < -0.39 is 0 Å². The first-order valence-electron chi connectivity index (χ1n) is 5.91. The van der Waals surface area contributed by atoms with E-state index in [0.29, 0.717) is 6.04 Å². The molecule has 1 atom stereocenters. The van der Waals surface area contributed by atoms with Gasteiger partial charge in [0, 0.05) is 30.0 Å². The van der Waals surface area contributed by atoms with Gasteiger partial charge in [-0.1, -0.05) is 15.9 Å². The normalized spacial score (nSPS) is 13.1. The highest BCUT2D eigenvalue weighted by Crippen LogP contribution is 2.27. The van der Waals surface area contributed by atoms with Gasteiger partial charge in [0.1, 0.15) is 0 Å². The van der Waals surface area contributed by atoms with Crippen LogP contribution in [0.4, 0.5) is 5.82 Å². The van der Waals surface area contributed by atoms with Crippen LogP contribution < -0.4 is 4.90 Å². The highest BCUT2D eigenvalue weighted by molar-refractivity contribution is 9.08. The first-order valence-corrected chi connectivity index (χ1v) is 9.30. The molecule has 2 heterocycles. The Morgan fingerprint density at radius 1 is 1.61 bits per heavy atom. The number of thiazole rings is 1. The monoisotopic (exact) mass is 347 g/mol. The van der Waals surface area contributed by atoms with Crippen LogP contribution in [0.15, 0.2) is 11.6 Å². The summed E-state index contributed by atoms with van der Waals surface area (Å²) in [4.78, 5) is 8.11. The second-order valence-electron chi connectivity index (χ2n) is 4.31. The number of rotatable bonds is 6. The molecule has 0 saturated carbocycles. The van der Waals surface area contributed by atoms with E-state index in [2.05, 4.69) is 57.0 Å². The number of halogens is 1. The first kappa shape index (κ1) is 14.2. The van der Waals surface area contributed by atoms with Crippen molar-refractivity contribution < 1.29 is 0 Å². The Morgan fingerprint density at radius 2 is 2.39 bits per heavy atom. The van der Waals surface area contributed by atoms with E-state index in [4.69, 9.17) is 4.98 Å². The first-order chi connectivity index (χ1) is 8.69. The topological polar surface area (TPSA) is 20.5 Å². The van der Waals surface area contributed by atoms with Gasteiger partial charge in [-0.3, -0.25) is 4.40 Å². The van der Waals surface area contributed by atoms with Gasteiger partial charge in [-0.15, -0.1) is 11.3 Å². The molecule has 0 bridgehead atoms. The Kier molecular flexibility index (Phi) is 4.98. The number of hydrogen-bond acceptors (Lipinski definition) is 4. The number of aromatic nitrogens is 2. The lowest BCUT2D eigenvalue weighted by atomic mass is 10.2. The minimum absolute atomic E-state index is 0.514. The van der Waals surface area contributed by atoms with Crippen LogP contribution in [0.2, 0.25) is 0 Å². The molecule has 0 aliphatic heterocycles. The molecule has 2 aromatic heterocycles. The molecule has 0 aliphatic carbocycles. The lowest BCUT2D eigenvalue weighted by molar-refractivity contribution is 0.662. The van der Waals surface area contributed by atoms with Crippen LogP contribution in [0.1, 0.15) is 19.0 Å². The summed E-state index contributed by atoms with van der Waals surface area (Å²) in [6.07, 6.45) is 5.43. The molecular formula is C12H18BrN3S2. The lowest BCUT2D eigenvalue weighted by Gasteiger charge is -2.25. The molecule has 2 rings (SSSR count). The fraction of sp³-hybridized carbons (Fsp3) is 0.583. The molecular weight excluding hydrogens is 330 g/mol. The SMILES string of the molecule is CSCCC(C)N(C)c1nc2sccn2c1CBr. The second kappa shape index (κ2) is 6.30. The molecule has 0 aliphatic rings. The molecule has 0 aromatic carbocycles. The van der Waals surface area contributed by atoms with Gasteiger partial charge in [0.05, 0.1) is 5.69 Å². The van der Waals surface area contributed by atoms with Gasteiger partial charge in [-0.05, 0) is 25.4 Å². The molecule has 18 heavy (non-hydrogen) atoms. The van der Waals surface area contributed by atoms with Gasteiger partial charge >= 0.3 is 0 Å². The molecule has 0 spiro atoms. The van der Waals surface area contributed by atoms with Crippen molar-refractivity contribution in [2.24, 2.45) is 0 Å². The average molecular weight is 348 g/mol. The minimum Gasteiger partial charge on any atom is -0.355 e. The van der Waals surface area contributed by atoms with E-state index in [1.165, 1.54) is 17.9 Å². The van der Waals surface area contributed by atoms with Crippen molar-refractivity contribution in [1.82, 2.24) is 9.38 Å². The van der Waals surface area contributed by atoms with Gasteiger partial charge in [0.25, 0.3) is 0 Å². The summed E-state index contributed by atoms with van der Waals surface area (Å²) in [7, 11) is 2.14. The van der Waals surface area contributed by atoms with Gasteiger partial charge in [0.2, 0.25) is 0 Å². The van der Waals surface area contributed by atoms with Gasteiger partial charge in [0.15, 0.2) is 10.8 Å². The molecule has 0 amide bonds. The van der Waals surface area contributed by atoms with E-state index in [9.17, 15) is 0 Å². The fourth-order valence-electron chi connectivity index (χ4n) is 1.92. The van der Waals surface area contributed by atoms with Crippen molar-refractivity contribution in [3.8, 4) is 0 Å². The van der Waals surface area contributed by atoms with Crippen LogP contribution in [0.3, 0.4) is 0 Å². The number of hydrogen-bond donors (Lipinski definition) is 0. The molecule has 0 saturated heterocycles. The van der Waals surface area contributed by atoms with Crippen LogP contribution in [-0.2, 0) is 5.33 Å². The average Bonchev–Trinajstić information content (AvgIpc) is 2.94. The smallest absolute Gasteiger partial charge is 0.195 e. The maximum atomic E-state index is 4.74. The Balaban J connectivity index is 2.26. The molecule has 3 nitrogen and oxygen atoms in total. The van der Waals surface area contributed by atoms with Crippen molar-refractivity contribution in [2.45, 2.75) is 24.7 Å². The van der Waals surface area contributed by atoms with E-state index in [1.807, 2.05) is 11.8 Å². The summed E-state index contributed by atoms with van der Waals surface area (Å²) < 4.78 is 2.17. The zero-order valence-corrected chi connectivity index (χ0v) is 14.1. The number of alkyl halides is 1. The van der Waals surface area contributed by atoms with Crippen LogP contribution in [0.5, 0.6) is 0 Å². The van der Waals surface area contributed by atoms with Crippen LogP contribution in [-0.4, -0.2) is 34.5 Å². The molecule has 0 radical (unpaired) electrons. The van der Waals surface area contributed by atoms with E-state index in [1.54, 1.807) is 11.3 Å². The second-order valence-corrected chi connectivity index (χ2v) is 6.73. The zero-order chi connectivity index (χ0) is 13.1. The Bertz CT molecular complexity index is 508. The lowest BCUT2D eigenvalue weighted by Crippen LogP contribution is -2.30. The summed E-state index contributed by atoms with van der Waals surface area (Å²) >= 11 is 7.16. The summed E-state index contributed by atoms with van der Waals surface area (Å²) in [6, 6.07) is 0.514. The maximum Gasteiger partial charge on any atom is 0.195 e. The third kappa shape index (κ3) is 2.70. The van der Waals surface area contributed by atoms with Gasteiger partial charge in [-0.25, -0.2) is 4.98 Å². The highest BCUT2D eigenvalue weighted by Gasteiger charge is 2.19. The van der Waals surface area contributed by atoms with Crippen molar-refractivity contribution in [3.63, 3.8) is 0 Å². The third-order valence-corrected chi connectivity index (χ3v) is 5.13. The number of imidazole rings is 1. The summed E-state index contributed by atoms with van der Waals surface area (Å²) in [5.74, 6) is 2.30. The zero-order valence-electron chi connectivity index (χ0n) is 10.9. The van der Waals surface area contributed by atoms with Crippen molar-refractivity contribution in [3.05, 3.63) is 17.3 Å². The fourth-order valence-corrected chi connectivity index (χ4v) is 3.74. The minimum atomic E-state index is 0.514. The number of nitrogens with zero attached hydrogens (tertiary/aromatic N) is 3. The molecule has 2 aromatic rings. The van der Waals surface area contributed by atoms with Crippen LogP contribution in [0.25, 0.3) is 4.96 Å². The number of anilines is 1. The molecule has 0 fully saturated rings. The van der Waals surface area contributed by atoms with E-state index >= 15 is 0 Å². The Morgan fingerprint density at radius 3 is 3.06 bits per heavy atom. The largest absolute Gasteiger partial charge is 0.355 e. The molecule has 0 N–H and O–H groups in total. The van der Waals surface area contributed by atoms with E-state index in [0.717, 1.165) is 16.1 Å². The van der Waals surface area contributed by atoms with Crippen LogP contribution >= 0.6 is 39.0 Å². The molecule has 1 unspecified atom stereocenters. The Hall–Kier alpha value is -0.200. The van der Waals surface area contributed by atoms with Crippen molar-refractivity contribution in [1.29, 1.82) is 0 Å². The predicted octanol–water partition coefficient (Wildman–Crippen LogP) is 3.87. The van der Waals surface area contributed by atoms with Crippen molar-refractivity contribution in [2.75, 3.05) is 24.0 Å². The van der Waals surface area contributed by atoms with E-state index in [-0.39, 0.29) is 0 Å². The maximum absolute atomic E-state index is 4.74. The molecule has 100 valence electrons. The third-order valence-electron chi connectivity index (χ3n) is 3.20. The Labute approximate surface area is 125 Å². The summed E-state index contributed by atoms with van der Waals surface area (Å²) in [5, 5.41) is 2.91. The highest BCUT2D eigenvalue weighted by atomic mass is 79.9. The number of thioether (sulfide) groups is 1. The van der Waals surface area contributed by atoms with Crippen molar-refractivity contribution >= 4 is 49.8 Å². The number of fused-ring (bicyclic) bond motifs is 1. The quantitative estimate of drug-likeness (QED) is 0.740. The predicted molar refractivity (Wildman–Crippen MR) is 86.6 cm³/mol. The molecule has 6 heteroatoms. The van der Waals surface area contributed by atoms with Crippen LogP contribution in [0, 0.1) is 0 Å². The standard InChI is InChI=1S/C12H18BrN3S2/c1-9(4-6-17-3)15(2)11-10(8-13)16-5-7-18-12(16)14-11/h5,7,9H,4,6,8H2,1-3H3.